The minimum absolute atomic E-state index is 0.821. The smallest absolute Gasteiger partial charge is 0.0236 e. The summed E-state index contributed by atoms with van der Waals surface area (Å²) in [6.45, 7) is 9.93. The maximum atomic E-state index is 3.57. The summed E-state index contributed by atoms with van der Waals surface area (Å²) in [4.78, 5) is 2.42. The Hall–Kier alpha value is -0.860. The van der Waals surface area contributed by atoms with Crippen molar-refractivity contribution < 1.29 is 0 Å². The van der Waals surface area contributed by atoms with Crippen molar-refractivity contribution in [3.8, 4) is 0 Å². The molecule has 1 saturated carbocycles. The van der Waals surface area contributed by atoms with Crippen molar-refractivity contribution in [1.29, 1.82) is 0 Å². The molecule has 18 heavy (non-hydrogen) atoms. The fourth-order valence-corrected chi connectivity index (χ4v) is 2.56. The van der Waals surface area contributed by atoms with Gasteiger partial charge in [-0.25, -0.2) is 0 Å². The number of rotatable bonds is 6. The van der Waals surface area contributed by atoms with Crippen LogP contribution in [0, 0.1) is 20.8 Å². The van der Waals surface area contributed by atoms with Gasteiger partial charge in [0.2, 0.25) is 0 Å². The zero-order chi connectivity index (χ0) is 13.1. The van der Waals surface area contributed by atoms with Crippen molar-refractivity contribution in [2.75, 3.05) is 20.1 Å². The first-order valence-electron chi connectivity index (χ1n) is 7.05. The standard InChI is InChI=1S/C16H26N2/c1-12-9-13(2)16(14(3)10-12)11-18(4)8-7-17-15-5-6-15/h9-10,15,17H,5-8,11H2,1-4H3. The van der Waals surface area contributed by atoms with E-state index in [0.717, 1.165) is 25.7 Å². The summed E-state index contributed by atoms with van der Waals surface area (Å²) in [5.74, 6) is 0. The van der Waals surface area contributed by atoms with Crippen LogP contribution >= 0.6 is 0 Å². The average Bonchev–Trinajstić information content (AvgIpc) is 3.07. The van der Waals surface area contributed by atoms with Gasteiger partial charge in [0.25, 0.3) is 0 Å². The summed E-state index contributed by atoms with van der Waals surface area (Å²) in [5.41, 5.74) is 5.71. The Kier molecular flexibility index (Phi) is 4.41. The Labute approximate surface area is 111 Å². The average molecular weight is 246 g/mol. The van der Waals surface area contributed by atoms with Gasteiger partial charge in [-0.15, -0.1) is 0 Å². The van der Waals surface area contributed by atoms with Gasteiger partial charge < -0.3 is 10.2 Å². The van der Waals surface area contributed by atoms with Crippen LogP contribution in [0.1, 0.15) is 35.1 Å². The van der Waals surface area contributed by atoms with E-state index in [9.17, 15) is 0 Å². The first kappa shape index (κ1) is 13.6. The van der Waals surface area contributed by atoms with Gasteiger partial charge in [-0.3, -0.25) is 0 Å². The first-order valence-corrected chi connectivity index (χ1v) is 7.05. The quantitative estimate of drug-likeness (QED) is 0.830. The molecular formula is C16H26N2. The van der Waals surface area contributed by atoms with Crippen LogP contribution in [0.3, 0.4) is 0 Å². The number of nitrogens with one attached hydrogen (secondary N) is 1. The Morgan fingerprint density at radius 1 is 1.17 bits per heavy atom. The number of aryl methyl sites for hydroxylation is 3. The molecule has 1 aromatic rings. The van der Waals surface area contributed by atoms with E-state index in [1.807, 2.05) is 0 Å². The Morgan fingerprint density at radius 3 is 2.33 bits per heavy atom. The van der Waals surface area contributed by atoms with Crippen molar-refractivity contribution in [2.24, 2.45) is 0 Å². The van der Waals surface area contributed by atoms with Crippen LogP contribution in [0.15, 0.2) is 12.1 Å². The van der Waals surface area contributed by atoms with Crippen LogP contribution in [0.2, 0.25) is 0 Å². The Balaban J connectivity index is 1.87. The van der Waals surface area contributed by atoms with E-state index >= 15 is 0 Å². The fraction of sp³-hybridized carbons (Fsp3) is 0.625. The van der Waals surface area contributed by atoms with Crippen LogP contribution in [0.4, 0.5) is 0 Å². The third-order valence-corrected chi connectivity index (χ3v) is 3.77. The Morgan fingerprint density at radius 2 is 1.78 bits per heavy atom. The third kappa shape index (κ3) is 3.82. The normalized spacial score (nSPS) is 15.4. The molecule has 1 fully saturated rings. The topological polar surface area (TPSA) is 15.3 Å². The Bertz CT molecular complexity index is 385. The third-order valence-electron chi connectivity index (χ3n) is 3.77. The van der Waals surface area contributed by atoms with Crippen LogP contribution in [-0.4, -0.2) is 31.1 Å². The summed E-state index contributed by atoms with van der Waals surface area (Å²) in [6.07, 6.45) is 2.75. The largest absolute Gasteiger partial charge is 0.313 e. The van der Waals surface area contributed by atoms with Gasteiger partial charge in [0.1, 0.15) is 0 Å². The van der Waals surface area contributed by atoms with Gasteiger partial charge >= 0.3 is 0 Å². The molecule has 1 N–H and O–H groups in total. The van der Waals surface area contributed by atoms with Crippen molar-refractivity contribution in [2.45, 2.75) is 46.2 Å². The molecule has 1 aromatic carbocycles. The SMILES string of the molecule is Cc1cc(C)c(CN(C)CCNC2CC2)c(C)c1. The molecule has 100 valence electrons. The summed E-state index contributed by atoms with van der Waals surface area (Å²) in [7, 11) is 2.22. The van der Waals surface area contributed by atoms with E-state index in [1.54, 1.807) is 0 Å². The molecule has 0 aromatic heterocycles. The highest BCUT2D eigenvalue weighted by atomic mass is 15.1. The first-order chi connectivity index (χ1) is 8.56. The minimum Gasteiger partial charge on any atom is -0.313 e. The van der Waals surface area contributed by atoms with Gasteiger partial charge in [0.05, 0.1) is 0 Å². The van der Waals surface area contributed by atoms with E-state index in [4.69, 9.17) is 0 Å². The second kappa shape index (κ2) is 5.85. The van der Waals surface area contributed by atoms with Gasteiger partial charge in [-0.05, 0) is 57.4 Å². The molecule has 1 aliphatic rings. The van der Waals surface area contributed by atoms with E-state index in [2.05, 4.69) is 50.2 Å². The molecule has 0 heterocycles. The van der Waals surface area contributed by atoms with E-state index < -0.39 is 0 Å². The van der Waals surface area contributed by atoms with Gasteiger partial charge in [-0.1, -0.05) is 17.7 Å². The zero-order valence-electron chi connectivity index (χ0n) is 12.2. The minimum atomic E-state index is 0.821. The highest BCUT2D eigenvalue weighted by Gasteiger charge is 2.19. The maximum Gasteiger partial charge on any atom is 0.0236 e. The van der Waals surface area contributed by atoms with E-state index in [1.165, 1.54) is 35.1 Å². The van der Waals surface area contributed by atoms with Crippen LogP contribution < -0.4 is 5.32 Å². The van der Waals surface area contributed by atoms with Gasteiger partial charge in [0.15, 0.2) is 0 Å². The van der Waals surface area contributed by atoms with Crippen LogP contribution in [0.5, 0.6) is 0 Å². The second-order valence-corrected chi connectivity index (χ2v) is 5.84. The monoisotopic (exact) mass is 246 g/mol. The van der Waals surface area contributed by atoms with Crippen molar-refractivity contribution in [1.82, 2.24) is 10.2 Å². The molecule has 0 saturated heterocycles. The van der Waals surface area contributed by atoms with Crippen molar-refractivity contribution in [3.05, 3.63) is 34.4 Å². The molecule has 0 atom stereocenters. The molecule has 0 bridgehead atoms. The molecule has 2 heteroatoms. The molecular weight excluding hydrogens is 220 g/mol. The lowest BCUT2D eigenvalue weighted by Crippen LogP contribution is -2.30. The van der Waals surface area contributed by atoms with Crippen LogP contribution in [0.25, 0.3) is 0 Å². The van der Waals surface area contributed by atoms with Crippen molar-refractivity contribution >= 4 is 0 Å². The molecule has 0 amide bonds. The molecule has 0 unspecified atom stereocenters. The maximum absolute atomic E-state index is 3.57. The molecule has 1 aliphatic carbocycles. The van der Waals surface area contributed by atoms with E-state index in [0.29, 0.717) is 0 Å². The molecule has 2 rings (SSSR count). The molecule has 2 nitrogen and oxygen atoms in total. The predicted molar refractivity (Wildman–Crippen MR) is 78.0 cm³/mol. The number of nitrogens with zero attached hydrogens (tertiary/aromatic N) is 1. The molecule has 0 radical (unpaired) electrons. The number of likely N-dealkylation sites (N-methyl/N-ethyl adjacent to an activating group) is 1. The fourth-order valence-electron chi connectivity index (χ4n) is 2.56. The number of hydrogen-bond acceptors (Lipinski definition) is 2. The number of hydrogen-bond donors (Lipinski definition) is 1. The summed E-state index contributed by atoms with van der Waals surface area (Å²) in [5, 5.41) is 3.57. The summed E-state index contributed by atoms with van der Waals surface area (Å²) >= 11 is 0. The highest BCUT2D eigenvalue weighted by molar-refractivity contribution is 5.37. The zero-order valence-corrected chi connectivity index (χ0v) is 12.2. The predicted octanol–water partition coefficient (Wildman–Crippen LogP) is 2.80. The summed E-state index contributed by atoms with van der Waals surface area (Å²) < 4.78 is 0. The van der Waals surface area contributed by atoms with E-state index in [-0.39, 0.29) is 0 Å². The lowest BCUT2D eigenvalue weighted by atomic mass is 9.99. The second-order valence-electron chi connectivity index (χ2n) is 5.84. The lowest BCUT2D eigenvalue weighted by Gasteiger charge is -2.20. The summed E-state index contributed by atoms with van der Waals surface area (Å²) in [6, 6.07) is 5.40. The number of benzene rings is 1. The van der Waals surface area contributed by atoms with Gasteiger partial charge in [-0.2, -0.15) is 0 Å². The van der Waals surface area contributed by atoms with Crippen molar-refractivity contribution in [3.63, 3.8) is 0 Å². The molecule has 0 aliphatic heterocycles. The van der Waals surface area contributed by atoms with Gasteiger partial charge in [0, 0.05) is 25.7 Å². The van der Waals surface area contributed by atoms with Crippen LogP contribution in [-0.2, 0) is 6.54 Å². The molecule has 0 spiro atoms. The highest BCUT2D eigenvalue weighted by Crippen LogP contribution is 2.19. The lowest BCUT2D eigenvalue weighted by molar-refractivity contribution is 0.322.